The van der Waals surface area contributed by atoms with E-state index in [2.05, 4.69) is 23.7 Å². The summed E-state index contributed by atoms with van der Waals surface area (Å²) in [5.74, 6) is 0. The van der Waals surface area contributed by atoms with Gasteiger partial charge in [-0.15, -0.1) is 12.6 Å². The van der Waals surface area contributed by atoms with Gasteiger partial charge in [-0.1, -0.05) is 12.1 Å². The van der Waals surface area contributed by atoms with Crippen LogP contribution in [0.3, 0.4) is 0 Å². The highest BCUT2D eigenvalue weighted by atomic mass is 32.1. The predicted octanol–water partition coefficient (Wildman–Crippen LogP) is 2.40. The van der Waals surface area contributed by atoms with Crippen LogP contribution in [0.1, 0.15) is 5.56 Å². The normalized spacial score (nSPS) is 9.85. The number of hydrogen-bond donors (Lipinski definition) is 1. The first kappa shape index (κ1) is 8.09. The topological polar surface area (TPSA) is 36.7 Å². The van der Waals surface area contributed by atoms with E-state index >= 15 is 0 Å². The highest BCUT2D eigenvalue weighted by molar-refractivity contribution is 7.80. The van der Waals surface area contributed by atoms with Gasteiger partial charge in [-0.05, 0) is 12.1 Å². The summed E-state index contributed by atoms with van der Waals surface area (Å²) < 4.78 is 0. The minimum Gasteiger partial charge on any atom is -0.255 e. The van der Waals surface area contributed by atoms with Crippen molar-refractivity contribution in [2.75, 3.05) is 0 Å². The van der Waals surface area contributed by atoms with E-state index in [1.165, 1.54) is 0 Å². The van der Waals surface area contributed by atoms with Gasteiger partial charge in [0.15, 0.2) is 0 Å². The number of fused-ring (bicyclic) bond motifs is 1. The Morgan fingerprint density at radius 1 is 1.31 bits per heavy atom. The molecule has 0 aliphatic heterocycles. The molecule has 0 radical (unpaired) electrons. The monoisotopic (exact) mass is 186 g/mol. The lowest BCUT2D eigenvalue weighted by molar-refractivity contribution is 1.34. The van der Waals surface area contributed by atoms with Crippen LogP contribution in [-0.4, -0.2) is 4.98 Å². The number of benzene rings is 1. The second-order valence-corrected chi connectivity index (χ2v) is 3.13. The van der Waals surface area contributed by atoms with Gasteiger partial charge in [-0.25, -0.2) is 0 Å². The van der Waals surface area contributed by atoms with Crippen LogP contribution >= 0.6 is 12.6 Å². The zero-order chi connectivity index (χ0) is 9.26. The van der Waals surface area contributed by atoms with Crippen LogP contribution in [0.2, 0.25) is 0 Å². The molecular weight excluding hydrogens is 180 g/mol. The average molecular weight is 186 g/mol. The SMILES string of the molecule is N#Cc1ccnc2c(S)cccc12. The standard InChI is InChI=1S/C10H6N2S/c11-6-7-4-5-12-10-8(7)2-1-3-9(10)13/h1-5,13H. The van der Waals surface area contributed by atoms with Gasteiger partial charge in [0.05, 0.1) is 17.1 Å². The maximum atomic E-state index is 8.82. The predicted molar refractivity (Wildman–Crippen MR) is 53.7 cm³/mol. The molecular formula is C10H6N2S. The lowest BCUT2D eigenvalue weighted by Gasteiger charge is -2.00. The van der Waals surface area contributed by atoms with Gasteiger partial charge in [0, 0.05) is 16.5 Å². The van der Waals surface area contributed by atoms with Crippen molar-refractivity contribution in [1.29, 1.82) is 5.26 Å². The van der Waals surface area contributed by atoms with E-state index in [1.54, 1.807) is 12.3 Å². The Balaban J connectivity index is 2.94. The summed E-state index contributed by atoms with van der Waals surface area (Å²) in [6.07, 6.45) is 1.63. The highest BCUT2D eigenvalue weighted by Crippen LogP contribution is 2.21. The van der Waals surface area contributed by atoms with Crippen LogP contribution in [0, 0.1) is 11.3 Å². The molecule has 1 heterocycles. The fraction of sp³-hybridized carbons (Fsp3) is 0. The number of aromatic nitrogens is 1. The minimum atomic E-state index is 0.640. The number of thiol groups is 1. The van der Waals surface area contributed by atoms with Crippen LogP contribution in [0.15, 0.2) is 35.4 Å². The Morgan fingerprint density at radius 3 is 2.92 bits per heavy atom. The fourth-order valence-corrected chi connectivity index (χ4v) is 1.52. The molecule has 1 aromatic carbocycles. The van der Waals surface area contributed by atoms with E-state index in [-0.39, 0.29) is 0 Å². The van der Waals surface area contributed by atoms with E-state index in [4.69, 9.17) is 5.26 Å². The summed E-state index contributed by atoms with van der Waals surface area (Å²) in [5.41, 5.74) is 1.42. The Hall–Kier alpha value is -1.53. The summed E-state index contributed by atoms with van der Waals surface area (Å²) in [6.45, 7) is 0. The summed E-state index contributed by atoms with van der Waals surface area (Å²) >= 11 is 4.26. The van der Waals surface area contributed by atoms with Crippen molar-refractivity contribution >= 4 is 23.5 Å². The van der Waals surface area contributed by atoms with Crippen molar-refractivity contribution in [1.82, 2.24) is 4.98 Å². The van der Waals surface area contributed by atoms with E-state index in [1.807, 2.05) is 18.2 Å². The molecule has 2 nitrogen and oxygen atoms in total. The number of nitrogens with zero attached hydrogens (tertiary/aromatic N) is 2. The first-order valence-electron chi connectivity index (χ1n) is 3.80. The zero-order valence-corrected chi connectivity index (χ0v) is 7.62. The van der Waals surface area contributed by atoms with Gasteiger partial charge in [-0.2, -0.15) is 5.26 Å². The molecule has 0 aliphatic carbocycles. The smallest absolute Gasteiger partial charge is 0.0999 e. The third-order valence-electron chi connectivity index (χ3n) is 1.87. The average Bonchev–Trinajstić information content (AvgIpc) is 2.18. The van der Waals surface area contributed by atoms with Gasteiger partial charge >= 0.3 is 0 Å². The van der Waals surface area contributed by atoms with Gasteiger partial charge in [0.2, 0.25) is 0 Å². The van der Waals surface area contributed by atoms with Crippen LogP contribution in [0.25, 0.3) is 10.9 Å². The van der Waals surface area contributed by atoms with Gasteiger partial charge in [-0.3, -0.25) is 4.98 Å². The van der Waals surface area contributed by atoms with E-state index in [0.717, 1.165) is 15.8 Å². The first-order chi connectivity index (χ1) is 6.33. The maximum absolute atomic E-state index is 8.82. The van der Waals surface area contributed by atoms with Gasteiger partial charge in [0.25, 0.3) is 0 Å². The fourth-order valence-electron chi connectivity index (χ4n) is 1.26. The molecule has 0 saturated heterocycles. The second kappa shape index (κ2) is 3.08. The summed E-state index contributed by atoms with van der Waals surface area (Å²) in [5, 5.41) is 9.68. The zero-order valence-electron chi connectivity index (χ0n) is 6.73. The molecule has 0 N–H and O–H groups in total. The molecule has 0 saturated carbocycles. The van der Waals surface area contributed by atoms with E-state index < -0.39 is 0 Å². The quantitative estimate of drug-likeness (QED) is 0.641. The molecule has 3 heteroatoms. The maximum Gasteiger partial charge on any atom is 0.0999 e. The van der Waals surface area contributed by atoms with Crippen LogP contribution in [0.5, 0.6) is 0 Å². The lowest BCUT2D eigenvalue weighted by atomic mass is 10.1. The van der Waals surface area contributed by atoms with Gasteiger partial charge in [0.1, 0.15) is 0 Å². The number of rotatable bonds is 0. The molecule has 2 aromatic rings. The third-order valence-corrected chi connectivity index (χ3v) is 2.23. The molecule has 1 aromatic heterocycles. The summed E-state index contributed by atoms with van der Waals surface area (Å²) in [6, 6.07) is 9.43. The van der Waals surface area contributed by atoms with Crippen LogP contribution in [0.4, 0.5) is 0 Å². The Bertz CT molecular complexity index is 500. The summed E-state index contributed by atoms with van der Waals surface area (Å²) in [4.78, 5) is 4.96. The van der Waals surface area contributed by atoms with Crippen molar-refractivity contribution < 1.29 is 0 Å². The van der Waals surface area contributed by atoms with Crippen LogP contribution < -0.4 is 0 Å². The third kappa shape index (κ3) is 1.25. The molecule has 0 amide bonds. The molecule has 0 fully saturated rings. The lowest BCUT2D eigenvalue weighted by Crippen LogP contribution is -1.83. The van der Waals surface area contributed by atoms with Gasteiger partial charge < -0.3 is 0 Å². The number of pyridine rings is 1. The Labute approximate surface area is 81.2 Å². The van der Waals surface area contributed by atoms with Crippen LogP contribution in [-0.2, 0) is 0 Å². The number of hydrogen-bond acceptors (Lipinski definition) is 3. The van der Waals surface area contributed by atoms with E-state index in [9.17, 15) is 0 Å². The molecule has 62 valence electrons. The molecule has 0 spiro atoms. The van der Waals surface area contributed by atoms with Crippen molar-refractivity contribution in [3.05, 3.63) is 36.0 Å². The van der Waals surface area contributed by atoms with Crippen molar-refractivity contribution in [2.24, 2.45) is 0 Å². The molecule has 0 aliphatic rings. The Morgan fingerprint density at radius 2 is 2.15 bits per heavy atom. The largest absolute Gasteiger partial charge is 0.255 e. The molecule has 0 unspecified atom stereocenters. The molecule has 0 atom stereocenters. The molecule has 13 heavy (non-hydrogen) atoms. The van der Waals surface area contributed by atoms with Crippen molar-refractivity contribution in [3.8, 4) is 6.07 Å². The second-order valence-electron chi connectivity index (χ2n) is 2.64. The minimum absolute atomic E-state index is 0.640. The van der Waals surface area contributed by atoms with Crippen molar-refractivity contribution in [3.63, 3.8) is 0 Å². The Kier molecular flexibility index (Phi) is 1.91. The van der Waals surface area contributed by atoms with E-state index in [0.29, 0.717) is 5.56 Å². The number of para-hydroxylation sites is 1. The summed E-state index contributed by atoms with van der Waals surface area (Å²) in [7, 11) is 0. The number of nitriles is 1. The first-order valence-corrected chi connectivity index (χ1v) is 4.24. The van der Waals surface area contributed by atoms with Crippen molar-refractivity contribution in [2.45, 2.75) is 4.90 Å². The molecule has 0 bridgehead atoms. The highest BCUT2D eigenvalue weighted by Gasteiger charge is 2.02. The molecule has 2 rings (SSSR count).